The van der Waals surface area contributed by atoms with Gasteiger partial charge in [0.25, 0.3) is 0 Å². The normalized spacial score (nSPS) is 40.1. The highest BCUT2D eigenvalue weighted by Gasteiger charge is 2.61. The van der Waals surface area contributed by atoms with Crippen LogP contribution in [0.1, 0.15) is 33.1 Å². The Hall–Kier alpha value is -0.150. The zero-order chi connectivity index (χ0) is 10.8. The molecule has 2 saturated heterocycles. The van der Waals surface area contributed by atoms with Crippen molar-refractivity contribution in [2.24, 2.45) is 0 Å². The van der Waals surface area contributed by atoms with E-state index in [4.69, 9.17) is 4.74 Å². The number of likely N-dealkylation sites (N-methyl/N-ethyl adjacent to an activating group) is 1. The molecule has 2 nitrogen and oxygen atoms in total. The van der Waals surface area contributed by atoms with Gasteiger partial charge in [0.05, 0.1) is 12.6 Å². The van der Waals surface area contributed by atoms with Crippen molar-refractivity contribution in [3.8, 4) is 0 Å². The Labute approximate surface area is 86.4 Å². The minimum Gasteiger partial charge on any atom is -0.383 e. The van der Waals surface area contributed by atoms with Crippen molar-refractivity contribution >= 4 is 0 Å². The van der Waals surface area contributed by atoms with Crippen LogP contribution in [0.5, 0.6) is 0 Å². The molecule has 3 aliphatic rings. The van der Waals surface area contributed by atoms with Crippen molar-refractivity contribution < 1.29 is 9.13 Å². The molecule has 0 aromatic heterocycles. The van der Waals surface area contributed by atoms with E-state index in [1.54, 1.807) is 7.11 Å². The molecule has 3 rings (SSSR count). The second-order valence-electron chi connectivity index (χ2n) is 4.44. The summed E-state index contributed by atoms with van der Waals surface area (Å²) in [5.41, 5.74) is -0.921. The van der Waals surface area contributed by atoms with Crippen molar-refractivity contribution in [2.75, 3.05) is 20.8 Å². The number of methoxy groups -OCH3 is 1. The van der Waals surface area contributed by atoms with Gasteiger partial charge in [-0.2, -0.15) is 0 Å². The maximum Gasteiger partial charge on any atom is 0.131 e. The molecule has 1 aliphatic carbocycles. The minimum absolute atomic E-state index is 0.0116. The molecule has 2 heterocycles. The smallest absolute Gasteiger partial charge is 0.131 e. The van der Waals surface area contributed by atoms with Crippen molar-refractivity contribution in [2.45, 2.75) is 50.9 Å². The molecular formula is C11H22FNO. The van der Waals surface area contributed by atoms with Crippen LogP contribution in [-0.2, 0) is 4.74 Å². The molecular weight excluding hydrogens is 181 g/mol. The molecule has 14 heavy (non-hydrogen) atoms. The van der Waals surface area contributed by atoms with Crippen LogP contribution >= 0.6 is 0 Å². The Morgan fingerprint density at radius 3 is 2.21 bits per heavy atom. The quantitative estimate of drug-likeness (QED) is 0.682. The van der Waals surface area contributed by atoms with Gasteiger partial charge in [0.15, 0.2) is 0 Å². The number of fused-ring (bicyclic) bond motifs is 1. The third-order valence-electron chi connectivity index (χ3n) is 3.14. The molecule has 0 radical (unpaired) electrons. The predicted molar refractivity (Wildman–Crippen MR) is 56.3 cm³/mol. The lowest BCUT2D eigenvalue weighted by Gasteiger charge is -2.30. The number of nitrogens with zero attached hydrogens (tertiary/aromatic N) is 1. The van der Waals surface area contributed by atoms with Gasteiger partial charge in [-0.25, -0.2) is 4.39 Å². The molecule has 2 aliphatic heterocycles. The number of ether oxygens (including phenoxy) is 1. The summed E-state index contributed by atoms with van der Waals surface area (Å²) in [5, 5.41) is 0. The lowest BCUT2D eigenvalue weighted by Crippen LogP contribution is -2.41. The summed E-state index contributed by atoms with van der Waals surface area (Å²) in [4.78, 5) is 2.11. The minimum atomic E-state index is -0.921. The zero-order valence-electron chi connectivity index (χ0n) is 9.72. The molecule has 1 atom stereocenters. The standard InChI is InChI=1S/C8H14FNO.C3H8/c1-10-6-3-8(9,4-6)7(10)5-11-2;1-3-2/h6-7H,3-5H2,1-2H3;3H2,1-2H3. The first kappa shape index (κ1) is 11.9. The molecule has 1 saturated carbocycles. The number of rotatable bonds is 2. The first-order valence-electron chi connectivity index (χ1n) is 5.48. The average molecular weight is 203 g/mol. The Balaban J connectivity index is 0.000000293. The number of hydrogen-bond donors (Lipinski definition) is 0. The summed E-state index contributed by atoms with van der Waals surface area (Å²) in [6, 6.07) is 0.498. The van der Waals surface area contributed by atoms with Gasteiger partial charge in [-0.1, -0.05) is 20.3 Å². The second kappa shape index (κ2) is 4.58. The Kier molecular flexibility index (Phi) is 3.90. The third kappa shape index (κ3) is 1.94. The molecule has 3 fully saturated rings. The lowest BCUT2D eigenvalue weighted by molar-refractivity contribution is 0.0492. The maximum absolute atomic E-state index is 13.7. The fraction of sp³-hybridized carbons (Fsp3) is 1.00. The molecule has 0 aromatic carbocycles. The monoisotopic (exact) mass is 203 g/mol. The van der Waals surface area contributed by atoms with Crippen LogP contribution in [0.15, 0.2) is 0 Å². The number of halogens is 1. The molecule has 2 bridgehead atoms. The summed E-state index contributed by atoms with van der Waals surface area (Å²) in [5.74, 6) is 0. The highest BCUT2D eigenvalue weighted by molar-refractivity contribution is 5.15. The van der Waals surface area contributed by atoms with Gasteiger partial charge >= 0.3 is 0 Å². The van der Waals surface area contributed by atoms with Gasteiger partial charge < -0.3 is 4.74 Å². The fourth-order valence-electron chi connectivity index (χ4n) is 2.33. The fourth-order valence-corrected chi connectivity index (χ4v) is 2.33. The Morgan fingerprint density at radius 2 is 1.93 bits per heavy atom. The van der Waals surface area contributed by atoms with Crippen LogP contribution in [0, 0.1) is 0 Å². The van der Waals surface area contributed by atoms with Crippen molar-refractivity contribution in [1.82, 2.24) is 4.90 Å². The molecule has 3 heteroatoms. The highest BCUT2D eigenvalue weighted by Crippen LogP contribution is 2.51. The van der Waals surface area contributed by atoms with E-state index in [0.717, 1.165) is 12.8 Å². The largest absolute Gasteiger partial charge is 0.383 e. The van der Waals surface area contributed by atoms with E-state index in [0.29, 0.717) is 12.6 Å². The van der Waals surface area contributed by atoms with Gasteiger partial charge in [0.2, 0.25) is 0 Å². The van der Waals surface area contributed by atoms with Crippen molar-refractivity contribution in [3.63, 3.8) is 0 Å². The molecule has 0 aromatic rings. The molecule has 84 valence electrons. The highest BCUT2D eigenvalue weighted by atomic mass is 19.1. The molecule has 0 spiro atoms. The first-order valence-corrected chi connectivity index (χ1v) is 5.48. The maximum atomic E-state index is 13.7. The molecule has 0 N–H and O–H groups in total. The number of hydrogen-bond acceptors (Lipinski definition) is 2. The van der Waals surface area contributed by atoms with Crippen LogP contribution in [-0.4, -0.2) is 43.4 Å². The van der Waals surface area contributed by atoms with Crippen LogP contribution < -0.4 is 0 Å². The SMILES string of the molecule is CCC.COCC1N(C)C2CC1(F)C2. The van der Waals surface area contributed by atoms with Crippen LogP contribution in [0.4, 0.5) is 4.39 Å². The van der Waals surface area contributed by atoms with E-state index in [-0.39, 0.29) is 6.04 Å². The van der Waals surface area contributed by atoms with Crippen LogP contribution in [0.3, 0.4) is 0 Å². The van der Waals surface area contributed by atoms with Crippen molar-refractivity contribution in [3.05, 3.63) is 0 Å². The van der Waals surface area contributed by atoms with Gasteiger partial charge in [0, 0.05) is 13.2 Å². The van der Waals surface area contributed by atoms with Gasteiger partial charge in [-0.05, 0) is 19.9 Å². The van der Waals surface area contributed by atoms with Gasteiger partial charge in [-0.15, -0.1) is 0 Å². The Morgan fingerprint density at radius 1 is 1.43 bits per heavy atom. The predicted octanol–water partition coefficient (Wildman–Crippen LogP) is 2.23. The molecule has 0 amide bonds. The first-order chi connectivity index (χ1) is 6.59. The van der Waals surface area contributed by atoms with E-state index < -0.39 is 5.67 Å². The van der Waals surface area contributed by atoms with Crippen molar-refractivity contribution in [1.29, 1.82) is 0 Å². The Bertz CT molecular complexity index is 180. The van der Waals surface area contributed by atoms with E-state index in [9.17, 15) is 4.39 Å². The number of alkyl halides is 1. The third-order valence-corrected chi connectivity index (χ3v) is 3.14. The van der Waals surface area contributed by atoms with Crippen LogP contribution in [0.2, 0.25) is 0 Å². The van der Waals surface area contributed by atoms with Gasteiger partial charge in [-0.3, -0.25) is 4.90 Å². The van der Waals surface area contributed by atoms with E-state index in [1.165, 1.54) is 6.42 Å². The topological polar surface area (TPSA) is 12.5 Å². The van der Waals surface area contributed by atoms with E-state index in [2.05, 4.69) is 18.7 Å². The molecule has 1 unspecified atom stereocenters. The summed E-state index contributed by atoms with van der Waals surface area (Å²) in [6.45, 7) is 4.78. The average Bonchev–Trinajstić information content (AvgIpc) is 2.42. The summed E-state index contributed by atoms with van der Waals surface area (Å²) < 4.78 is 18.6. The summed E-state index contributed by atoms with van der Waals surface area (Å²) >= 11 is 0. The zero-order valence-corrected chi connectivity index (χ0v) is 9.72. The van der Waals surface area contributed by atoms with E-state index in [1.807, 2.05) is 7.05 Å². The van der Waals surface area contributed by atoms with Crippen LogP contribution in [0.25, 0.3) is 0 Å². The summed E-state index contributed by atoms with van der Waals surface area (Å²) in [7, 11) is 3.62. The summed E-state index contributed by atoms with van der Waals surface area (Å²) in [6.07, 6.45) is 2.69. The van der Waals surface area contributed by atoms with E-state index >= 15 is 0 Å². The second-order valence-corrected chi connectivity index (χ2v) is 4.44. The lowest BCUT2D eigenvalue weighted by atomic mass is 9.80. The van der Waals surface area contributed by atoms with Gasteiger partial charge in [0.1, 0.15) is 5.67 Å².